The van der Waals surface area contributed by atoms with Gasteiger partial charge in [-0.15, -0.1) is 0 Å². The summed E-state index contributed by atoms with van der Waals surface area (Å²) in [5.41, 5.74) is 0.472. The molecule has 0 spiro atoms. The van der Waals surface area contributed by atoms with Crippen LogP contribution in [-0.4, -0.2) is 59.4 Å². The lowest BCUT2D eigenvalue weighted by molar-refractivity contribution is -0.142. The van der Waals surface area contributed by atoms with Gasteiger partial charge in [-0.25, -0.2) is 4.68 Å². The van der Waals surface area contributed by atoms with Crippen molar-refractivity contribution in [3.63, 3.8) is 0 Å². The SMILES string of the molecule is COc1ccccc1C(=O)Nc1ccnn1C1CCN(C(=O)C2CCCO2)CC1. The zero-order chi connectivity index (χ0) is 20.2. The normalized spacial score (nSPS) is 19.9. The summed E-state index contributed by atoms with van der Waals surface area (Å²) in [7, 11) is 1.54. The highest BCUT2D eigenvalue weighted by Gasteiger charge is 2.32. The summed E-state index contributed by atoms with van der Waals surface area (Å²) >= 11 is 0. The number of nitrogens with one attached hydrogen (secondary N) is 1. The van der Waals surface area contributed by atoms with E-state index >= 15 is 0 Å². The smallest absolute Gasteiger partial charge is 0.260 e. The van der Waals surface area contributed by atoms with E-state index in [0.717, 1.165) is 25.7 Å². The van der Waals surface area contributed by atoms with Gasteiger partial charge in [-0.1, -0.05) is 12.1 Å². The van der Waals surface area contributed by atoms with Crippen LogP contribution in [0.15, 0.2) is 36.5 Å². The molecule has 1 aromatic carbocycles. The highest BCUT2D eigenvalue weighted by atomic mass is 16.5. The van der Waals surface area contributed by atoms with Gasteiger partial charge >= 0.3 is 0 Å². The summed E-state index contributed by atoms with van der Waals surface area (Å²) in [5.74, 6) is 1.03. The van der Waals surface area contributed by atoms with Gasteiger partial charge in [0.1, 0.15) is 17.7 Å². The molecule has 0 radical (unpaired) electrons. The molecule has 154 valence electrons. The Morgan fingerprint density at radius 1 is 1.17 bits per heavy atom. The van der Waals surface area contributed by atoms with E-state index in [1.165, 1.54) is 0 Å². The summed E-state index contributed by atoms with van der Waals surface area (Å²) in [4.78, 5) is 27.1. The number of methoxy groups -OCH3 is 1. The third-order valence-electron chi connectivity index (χ3n) is 5.59. The molecule has 1 unspecified atom stereocenters. The zero-order valence-corrected chi connectivity index (χ0v) is 16.5. The number of hydrogen-bond donors (Lipinski definition) is 1. The minimum absolute atomic E-state index is 0.103. The molecule has 8 nitrogen and oxygen atoms in total. The van der Waals surface area contributed by atoms with Crippen LogP contribution in [0.4, 0.5) is 5.82 Å². The summed E-state index contributed by atoms with van der Waals surface area (Å²) in [6.07, 6.45) is 4.76. The number of amides is 2. The van der Waals surface area contributed by atoms with Gasteiger partial charge in [-0.2, -0.15) is 5.10 Å². The van der Waals surface area contributed by atoms with Crippen molar-refractivity contribution in [2.24, 2.45) is 0 Å². The van der Waals surface area contributed by atoms with Crippen LogP contribution < -0.4 is 10.1 Å². The Bertz CT molecular complexity index is 867. The van der Waals surface area contributed by atoms with E-state index in [2.05, 4.69) is 10.4 Å². The number of benzene rings is 1. The molecule has 2 aliphatic heterocycles. The molecule has 8 heteroatoms. The number of hydrogen-bond acceptors (Lipinski definition) is 5. The van der Waals surface area contributed by atoms with Crippen molar-refractivity contribution in [1.82, 2.24) is 14.7 Å². The number of ether oxygens (including phenoxy) is 2. The third-order valence-corrected chi connectivity index (χ3v) is 5.59. The van der Waals surface area contributed by atoms with Crippen molar-refractivity contribution in [3.05, 3.63) is 42.1 Å². The van der Waals surface area contributed by atoms with Crippen molar-refractivity contribution in [1.29, 1.82) is 0 Å². The molecule has 4 rings (SSSR count). The number of rotatable bonds is 5. The fourth-order valence-electron chi connectivity index (χ4n) is 4.03. The maximum Gasteiger partial charge on any atom is 0.260 e. The van der Waals surface area contributed by atoms with Gasteiger partial charge in [0.05, 0.1) is 24.9 Å². The van der Waals surface area contributed by atoms with Crippen LogP contribution in [0.2, 0.25) is 0 Å². The van der Waals surface area contributed by atoms with Gasteiger partial charge in [-0.05, 0) is 37.8 Å². The van der Waals surface area contributed by atoms with E-state index in [9.17, 15) is 9.59 Å². The number of likely N-dealkylation sites (tertiary alicyclic amines) is 1. The standard InChI is InChI=1S/C21H26N4O4/c1-28-17-6-3-2-5-16(17)20(26)23-19-8-11-22-25(19)15-9-12-24(13-10-15)21(27)18-7-4-14-29-18/h2-3,5-6,8,11,15,18H,4,7,9-10,12-14H2,1H3,(H,23,26). The van der Waals surface area contributed by atoms with E-state index in [1.54, 1.807) is 37.6 Å². The molecule has 2 aliphatic rings. The number of aromatic nitrogens is 2. The lowest BCUT2D eigenvalue weighted by atomic mass is 10.0. The first-order chi connectivity index (χ1) is 14.2. The van der Waals surface area contributed by atoms with E-state index in [0.29, 0.717) is 36.8 Å². The van der Waals surface area contributed by atoms with Crippen molar-refractivity contribution in [2.45, 2.75) is 37.8 Å². The number of piperidine rings is 1. The molecule has 29 heavy (non-hydrogen) atoms. The van der Waals surface area contributed by atoms with Gasteiger partial charge in [0.25, 0.3) is 11.8 Å². The zero-order valence-electron chi connectivity index (χ0n) is 16.5. The van der Waals surface area contributed by atoms with Crippen LogP contribution in [0, 0.1) is 0 Å². The van der Waals surface area contributed by atoms with Gasteiger partial charge in [0, 0.05) is 25.8 Å². The minimum atomic E-state index is -0.271. The van der Waals surface area contributed by atoms with Crippen LogP contribution in [0.25, 0.3) is 0 Å². The van der Waals surface area contributed by atoms with Crippen LogP contribution in [0.3, 0.4) is 0 Å². The fourth-order valence-corrected chi connectivity index (χ4v) is 4.03. The molecule has 2 aromatic rings. The molecule has 3 heterocycles. The number of carbonyl (C=O) groups excluding carboxylic acids is 2. The number of nitrogens with zero attached hydrogens (tertiary/aromatic N) is 3. The molecule has 0 aliphatic carbocycles. The average Bonchev–Trinajstić information content (AvgIpc) is 3.45. The molecule has 0 saturated carbocycles. The summed E-state index contributed by atoms with van der Waals surface area (Å²) in [5, 5.41) is 7.36. The van der Waals surface area contributed by atoms with Crippen LogP contribution >= 0.6 is 0 Å². The largest absolute Gasteiger partial charge is 0.496 e. The first-order valence-corrected chi connectivity index (χ1v) is 10.1. The third kappa shape index (κ3) is 4.12. The summed E-state index contributed by atoms with van der Waals surface area (Å²) < 4.78 is 12.7. The Morgan fingerprint density at radius 2 is 1.97 bits per heavy atom. The first kappa shape index (κ1) is 19.4. The van der Waals surface area contributed by atoms with Crippen molar-refractivity contribution in [2.75, 3.05) is 32.1 Å². The van der Waals surface area contributed by atoms with Crippen LogP contribution in [-0.2, 0) is 9.53 Å². The second-order valence-corrected chi connectivity index (χ2v) is 7.37. The van der Waals surface area contributed by atoms with E-state index in [4.69, 9.17) is 9.47 Å². The van der Waals surface area contributed by atoms with E-state index in [1.807, 2.05) is 15.6 Å². The second-order valence-electron chi connectivity index (χ2n) is 7.37. The number of anilines is 1. The Labute approximate surface area is 169 Å². The van der Waals surface area contributed by atoms with Gasteiger partial charge in [0.15, 0.2) is 0 Å². The molecule has 2 saturated heterocycles. The molecular formula is C21H26N4O4. The maximum absolute atomic E-state index is 12.7. The highest BCUT2D eigenvalue weighted by Crippen LogP contribution is 2.27. The Kier molecular flexibility index (Phi) is 5.80. The lowest BCUT2D eigenvalue weighted by Crippen LogP contribution is -2.44. The van der Waals surface area contributed by atoms with Crippen LogP contribution in [0.5, 0.6) is 5.75 Å². The molecule has 0 bridgehead atoms. The predicted molar refractivity (Wildman–Crippen MR) is 107 cm³/mol. The first-order valence-electron chi connectivity index (χ1n) is 10.1. The van der Waals surface area contributed by atoms with Gasteiger partial charge < -0.3 is 19.7 Å². The Morgan fingerprint density at radius 3 is 2.69 bits per heavy atom. The van der Waals surface area contributed by atoms with Crippen molar-refractivity contribution in [3.8, 4) is 5.75 Å². The second kappa shape index (κ2) is 8.65. The van der Waals surface area contributed by atoms with Crippen LogP contribution in [0.1, 0.15) is 42.1 Å². The summed E-state index contributed by atoms with van der Waals surface area (Å²) in [6, 6.07) is 9.03. The Balaban J connectivity index is 1.39. The highest BCUT2D eigenvalue weighted by molar-refractivity contribution is 6.05. The van der Waals surface area contributed by atoms with E-state index in [-0.39, 0.29) is 24.0 Å². The fraction of sp³-hybridized carbons (Fsp3) is 0.476. The monoisotopic (exact) mass is 398 g/mol. The van der Waals surface area contributed by atoms with Gasteiger partial charge in [-0.3, -0.25) is 9.59 Å². The predicted octanol–water partition coefficient (Wildman–Crippen LogP) is 2.49. The minimum Gasteiger partial charge on any atom is -0.496 e. The number of para-hydroxylation sites is 1. The average molecular weight is 398 g/mol. The molecule has 1 aromatic heterocycles. The molecule has 1 N–H and O–H groups in total. The molecular weight excluding hydrogens is 372 g/mol. The van der Waals surface area contributed by atoms with E-state index < -0.39 is 0 Å². The van der Waals surface area contributed by atoms with Crippen molar-refractivity contribution >= 4 is 17.6 Å². The lowest BCUT2D eigenvalue weighted by Gasteiger charge is -2.33. The maximum atomic E-state index is 12.7. The molecule has 2 fully saturated rings. The topological polar surface area (TPSA) is 85.7 Å². The number of carbonyl (C=O) groups is 2. The summed E-state index contributed by atoms with van der Waals surface area (Å²) in [6.45, 7) is 2.02. The van der Waals surface area contributed by atoms with Gasteiger partial charge in [0.2, 0.25) is 0 Å². The quantitative estimate of drug-likeness (QED) is 0.836. The molecule has 2 amide bonds. The van der Waals surface area contributed by atoms with Crippen molar-refractivity contribution < 1.29 is 19.1 Å². The molecule has 1 atom stereocenters. The Hall–Kier alpha value is -2.87.